The lowest BCUT2D eigenvalue weighted by Gasteiger charge is -2.32. The maximum atomic E-state index is 12.9. The first-order chi connectivity index (χ1) is 8.19. The van der Waals surface area contributed by atoms with Crippen LogP contribution in [0.25, 0.3) is 0 Å². The molecule has 2 heteroatoms. The standard InChI is InChI=1S/C15H16FO/c1-3-4-5-12-9-14(10-12)17-15-7-6-13(16)8-11(15)2/h3,6-8,12,14H,9-10H2,1-2H3/t12-,14+. The first-order valence-electron chi connectivity index (χ1n) is 5.90. The molecule has 1 aromatic carbocycles. The van der Waals surface area contributed by atoms with E-state index < -0.39 is 0 Å². The summed E-state index contributed by atoms with van der Waals surface area (Å²) in [4.78, 5) is 0. The van der Waals surface area contributed by atoms with Crippen LogP contribution in [0.1, 0.15) is 25.3 Å². The van der Waals surface area contributed by atoms with Crippen molar-refractivity contribution in [3.8, 4) is 17.6 Å². The highest BCUT2D eigenvalue weighted by molar-refractivity contribution is 5.33. The van der Waals surface area contributed by atoms with Crippen LogP contribution in [-0.2, 0) is 0 Å². The molecule has 0 heterocycles. The molecule has 0 atom stereocenters. The lowest BCUT2D eigenvalue weighted by atomic mass is 9.82. The van der Waals surface area contributed by atoms with Crippen molar-refractivity contribution in [2.24, 2.45) is 5.92 Å². The third-order valence-corrected chi connectivity index (χ3v) is 2.96. The van der Waals surface area contributed by atoms with Crippen molar-refractivity contribution >= 4 is 0 Å². The van der Waals surface area contributed by atoms with Crippen molar-refractivity contribution in [3.63, 3.8) is 0 Å². The zero-order valence-corrected chi connectivity index (χ0v) is 10.2. The zero-order chi connectivity index (χ0) is 12.3. The third-order valence-electron chi connectivity index (χ3n) is 2.96. The molecule has 1 saturated carbocycles. The van der Waals surface area contributed by atoms with E-state index in [2.05, 4.69) is 11.8 Å². The van der Waals surface area contributed by atoms with E-state index in [9.17, 15) is 4.39 Å². The molecular formula is C15H16FO. The molecule has 2 rings (SSSR count). The number of hydrogen-bond donors (Lipinski definition) is 0. The van der Waals surface area contributed by atoms with Gasteiger partial charge in [-0.15, -0.1) is 0 Å². The van der Waals surface area contributed by atoms with Crippen molar-refractivity contribution in [2.45, 2.75) is 32.8 Å². The number of rotatable bonds is 2. The van der Waals surface area contributed by atoms with E-state index >= 15 is 0 Å². The molecule has 1 radical (unpaired) electrons. The smallest absolute Gasteiger partial charge is 0.123 e. The zero-order valence-electron chi connectivity index (χ0n) is 10.2. The van der Waals surface area contributed by atoms with E-state index in [1.165, 1.54) is 12.1 Å². The van der Waals surface area contributed by atoms with Gasteiger partial charge < -0.3 is 4.74 Å². The molecule has 0 aliphatic heterocycles. The number of aryl methyl sites for hydroxylation is 1. The van der Waals surface area contributed by atoms with Gasteiger partial charge in [0.1, 0.15) is 17.7 Å². The molecule has 1 aromatic rings. The third kappa shape index (κ3) is 3.00. The first kappa shape index (κ1) is 12.0. The molecule has 89 valence electrons. The summed E-state index contributed by atoms with van der Waals surface area (Å²) in [5, 5.41) is 0. The summed E-state index contributed by atoms with van der Waals surface area (Å²) < 4.78 is 18.7. The topological polar surface area (TPSA) is 9.23 Å². The van der Waals surface area contributed by atoms with Crippen LogP contribution in [0.5, 0.6) is 5.75 Å². The Labute approximate surface area is 102 Å². The summed E-state index contributed by atoms with van der Waals surface area (Å²) in [5.41, 5.74) is 0.849. The van der Waals surface area contributed by atoms with E-state index in [4.69, 9.17) is 4.74 Å². The van der Waals surface area contributed by atoms with E-state index in [0.29, 0.717) is 5.92 Å². The minimum atomic E-state index is -0.217. The molecule has 0 aromatic heterocycles. The minimum absolute atomic E-state index is 0.217. The Balaban J connectivity index is 1.87. The SMILES string of the molecule is C[CH]C#C[C@H]1C[C@@H](Oc2ccc(F)cc2C)C1. The summed E-state index contributed by atoms with van der Waals surface area (Å²) in [6.45, 7) is 3.79. The summed E-state index contributed by atoms with van der Waals surface area (Å²) in [6, 6.07) is 4.63. The molecule has 0 saturated heterocycles. The van der Waals surface area contributed by atoms with Crippen LogP contribution < -0.4 is 4.74 Å². The van der Waals surface area contributed by atoms with Gasteiger partial charge in [0, 0.05) is 12.3 Å². The van der Waals surface area contributed by atoms with Gasteiger partial charge in [-0.05, 0) is 43.5 Å². The molecular weight excluding hydrogens is 215 g/mol. The normalized spacial score (nSPS) is 22.3. The van der Waals surface area contributed by atoms with Gasteiger partial charge >= 0.3 is 0 Å². The highest BCUT2D eigenvalue weighted by Gasteiger charge is 2.29. The summed E-state index contributed by atoms with van der Waals surface area (Å²) in [6.07, 6.45) is 4.03. The summed E-state index contributed by atoms with van der Waals surface area (Å²) in [5.74, 6) is 7.16. The average molecular weight is 231 g/mol. The maximum absolute atomic E-state index is 12.9. The Hall–Kier alpha value is -1.49. The molecule has 17 heavy (non-hydrogen) atoms. The van der Waals surface area contributed by atoms with Crippen LogP contribution in [0.2, 0.25) is 0 Å². The molecule has 1 aliphatic carbocycles. The van der Waals surface area contributed by atoms with Gasteiger partial charge in [-0.25, -0.2) is 4.39 Å². The fourth-order valence-corrected chi connectivity index (χ4v) is 1.91. The first-order valence-corrected chi connectivity index (χ1v) is 5.90. The molecule has 1 nitrogen and oxygen atoms in total. The van der Waals surface area contributed by atoms with Crippen LogP contribution >= 0.6 is 0 Å². The monoisotopic (exact) mass is 231 g/mol. The van der Waals surface area contributed by atoms with Crippen molar-refractivity contribution in [1.29, 1.82) is 0 Å². The molecule has 0 unspecified atom stereocenters. The highest BCUT2D eigenvalue weighted by atomic mass is 19.1. The van der Waals surface area contributed by atoms with Gasteiger partial charge in [0.05, 0.1) is 0 Å². The van der Waals surface area contributed by atoms with Crippen LogP contribution in [0.4, 0.5) is 4.39 Å². The predicted octanol–water partition coefficient (Wildman–Crippen LogP) is 3.52. The van der Waals surface area contributed by atoms with Crippen LogP contribution in [0.15, 0.2) is 18.2 Å². The van der Waals surface area contributed by atoms with Crippen LogP contribution in [-0.4, -0.2) is 6.10 Å². The average Bonchev–Trinajstić information content (AvgIpc) is 2.24. The van der Waals surface area contributed by atoms with E-state index in [0.717, 1.165) is 24.2 Å². The minimum Gasteiger partial charge on any atom is -0.490 e. The highest BCUT2D eigenvalue weighted by Crippen LogP contribution is 2.32. The maximum Gasteiger partial charge on any atom is 0.123 e. The Morgan fingerprint density at radius 3 is 2.82 bits per heavy atom. The molecule has 0 N–H and O–H groups in total. The fourth-order valence-electron chi connectivity index (χ4n) is 1.91. The number of hydrogen-bond acceptors (Lipinski definition) is 1. The lowest BCUT2D eigenvalue weighted by Crippen LogP contribution is -2.33. The van der Waals surface area contributed by atoms with Crippen molar-refractivity contribution in [1.82, 2.24) is 0 Å². The Kier molecular flexibility index (Phi) is 3.68. The Bertz CT molecular complexity index is 450. The number of ether oxygens (including phenoxy) is 1. The second kappa shape index (κ2) is 5.23. The van der Waals surface area contributed by atoms with E-state index in [-0.39, 0.29) is 11.9 Å². The van der Waals surface area contributed by atoms with Crippen molar-refractivity contribution in [3.05, 3.63) is 36.0 Å². The largest absolute Gasteiger partial charge is 0.490 e. The molecule has 0 spiro atoms. The van der Waals surface area contributed by atoms with Crippen LogP contribution in [0, 0.1) is 36.9 Å². The van der Waals surface area contributed by atoms with Crippen molar-refractivity contribution < 1.29 is 9.13 Å². The second-order valence-electron chi connectivity index (χ2n) is 4.40. The van der Waals surface area contributed by atoms with Gasteiger partial charge in [0.2, 0.25) is 0 Å². The summed E-state index contributed by atoms with van der Waals surface area (Å²) >= 11 is 0. The summed E-state index contributed by atoms with van der Waals surface area (Å²) in [7, 11) is 0. The fraction of sp³-hybridized carbons (Fsp3) is 0.400. The van der Waals surface area contributed by atoms with E-state index in [1.54, 1.807) is 6.07 Å². The number of benzene rings is 1. The van der Waals surface area contributed by atoms with E-state index in [1.807, 2.05) is 20.3 Å². The number of halogens is 1. The van der Waals surface area contributed by atoms with Gasteiger partial charge in [-0.2, -0.15) is 0 Å². The van der Waals surface area contributed by atoms with Gasteiger partial charge in [-0.3, -0.25) is 0 Å². The molecule has 1 aliphatic rings. The second-order valence-corrected chi connectivity index (χ2v) is 4.40. The predicted molar refractivity (Wildman–Crippen MR) is 66.0 cm³/mol. The Morgan fingerprint density at radius 1 is 1.41 bits per heavy atom. The molecule has 0 bridgehead atoms. The van der Waals surface area contributed by atoms with Gasteiger partial charge in [0.25, 0.3) is 0 Å². The van der Waals surface area contributed by atoms with Gasteiger partial charge in [0.15, 0.2) is 0 Å². The van der Waals surface area contributed by atoms with Crippen molar-refractivity contribution in [2.75, 3.05) is 0 Å². The quantitative estimate of drug-likeness (QED) is 0.708. The van der Waals surface area contributed by atoms with Crippen LogP contribution in [0.3, 0.4) is 0 Å². The lowest BCUT2D eigenvalue weighted by molar-refractivity contribution is 0.0894. The Morgan fingerprint density at radius 2 is 2.18 bits per heavy atom. The molecule has 0 amide bonds. The molecule has 1 fully saturated rings. The van der Waals surface area contributed by atoms with Gasteiger partial charge in [-0.1, -0.05) is 18.8 Å².